The molecular formula is C14H20N2O4S. The number of carboxylic acid groups (broad SMARTS) is 1. The van der Waals surface area contributed by atoms with Crippen molar-refractivity contribution >= 4 is 21.7 Å². The molecule has 0 bridgehead atoms. The molecule has 1 atom stereocenters. The van der Waals surface area contributed by atoms with Crippen LogP contribution in [0.1, 0.15) is 36.5 Å². The lowest BCUT2D eigenvalue weighted by molar-refractivity contribution is 0.0692. The van der Waals surface area contributed by atoms with Crippen molar-refractivity contribution in [2.45, 2.75) is 31.1 Å². The monoisotopic (exact) mass is 312 g/mol. The van der Waals surface area contributed by atoms with Gasteiger partial charge in [0.15, 0.2) is 0 Å². The minimum absolute atomic E-state index is 0.216. The summed E-state index contributed by atoms with van der Waals surface area (Å²) in [4.78, 5) is 11.0. The molecular weight excluding hydrogens is 292 g/mol. The fourth-order valence-corrected chi connectivity index (χ4v) is 4.42. The van der Waals surface area contributed by atoms with E-state index in [0.717, 1.165) is 19.3 Å². The maximum atomic E-state index is 12.7. The van der Waals surface area contributed by atoms with Gasteiger partial charge in [-0.05, 0) is 37.0 Å². The second-order valence-corrected chi connectivity index (χ2v) is 7.25. The lowest BCUT2D eigenvalue weighted by Gasteiger charge is -2.31. The van der Waals surface area contributed by atoms with Crippen LogP contribution in [-0.4, -0.2) is 36.9 Å². The van der Waals surface area contributed by atoms with Crippen LogP contribution in [0.5, 0.6) is 0 Å². The van der Waals surface area contributed by atoms with Crippen molar-refractivity contribution in [1.29, 1.82) is 0 Å². The van der Waals surface area contributed by atoms with E-state index in [1.165, 1.54) is 22.5 Å². The van der Waals surface area contributed by atoms with Crippen LogP contribution in [0.2, 0.25) is 0 Å². The lowest BCUT2D eigenvalue weighted by Crippen LogP contribution is -2.40. The van der Waals surface area contributed by atoms with Gasteiger partial charge < -0.3 is 10.8 Å². The van der Waals surface area contributed by atoms with Crippen LogP contribution in [0.25, 0.3) is 0 Å². The van der Waals surface area contributed by atoms with Crippen LogP contribution in [-0.2, 0) is 10.0 Å². The van der Waals surface area contributed by atoms with Gasteiger partial charge in [0.1, 0.15) is 0 Å². The minimum atomic E-state index is -3.83. The Labute approximate surface area is 124 Å². The summed E-state index contributed by atoms with van der Waals surface area (Å²) in [5.41, 5.74) is 5.64. The second kappa shape index (κ2) is 6.03. The molecule has 0 radical (unpaired) electrons. The van der Waals surface area contributed by atoms with E-state index in [2.05, 4.69) is 0 Å². The van der Waals surface area contributed by atoms with Gasteiger partial charge in [-0.3, -0.25) is 0 Å². The molecule has 0 aliphatic carbocycles. The third-order valence-electron chi connectivity index (χ3n) is 3.91. The minimum Gasteiger partial charge on any atom is -0.478 e. The van der Waals surface area contributed by atoms with Crippen molar-refractivity contribution in [2.75, 3.05) is 18.8 Å². The summed E-state index contributed by atoms with van der Waals surface area (Å²) >= 11 is 0. The maximum absolute atomic E-state index is 12.7. The van der Waals surface area contributed by atoms with Crippen LogP contribution in [0.3, 0.4) is 0 Å². The van der Waals surface area contributed by atoms with Crippen molar-refractivity contribution in [2.24, 2.45) is 5.92 Å². The van der Waals surface area contributed by atoms with E-state index in [4.69, 9.17) is 5.73 Å². The van der Waals surface area contributed by atoms with Gasteiger partial charge in [-0.25, -0.2) is 13.2 Å². The third-order valence-corrected chi connectivity index (χ3v) is 5.82. The van der Waals surface area contributed by atoms with E-state index in [-0.39, 0.29) is 16.1 Å². The first-order valence-electron chi connectivity index (χ1n) is 6.99. The van der Waals surface area contributed by atoms with Gasteiger partial charge in [-0.15, -0.1) is 0 Å². The molecule has 3 N–H and O–H groups in total. The molecule has 2 rings (SSSR count). The Morgan fingerprint density at radius 3 is 2.81 bits per heavy atom. The van der Waals surface area contributed by atoms with Crippen molar-refractivity contribution in [3.63, 3.8) is 0 Å². The predicted molar refractivity (Wildman–Crippen MR) is 79.6 cm³/mol. The van der Waals surface area contributed by atoms with E-state index in [0.29, 0.717) is 19.0 Å². The Hall–Kier alpha value is -1.60. The van der Waals surface area contributed by atoms with E-state index in [9.17, 15) is 18.3 Å². The van der Waals surface area contributed by atoms with Crippen molar-refractivity contribution in [3.05, 3.63) is 23.8 Å². The molecule has 1 unspecified atom stereocenters. The molecule has 1 heterocycles. The number of carboxylic acids is 1. The van der Waals surface area contributed by atoms with Crippen molar-refractivity contribution < 1.29 is 18.3 Å². The smallest absolute Gasteiger partial charge is 0.337 e. The summed E-state index contributed by atoms with van der Waals surface area (Å²) in [5, 5.41) is 9.19. The molecule has 1 aliphatic heterocycles. The fourth-order valence-electron chi connectivity index (χ4n) is 2.65. The number of benzene rings is 1. The normalized spacial score (nSPS) is 20.3. The number of nitrogen functional groups attached to an aromatic ring is 1. The van der Waals surface area contributed by atoms with Gasteiger partial charge in [0.25, 0.3) is 0 Å². The topological polar surface area (TPSA) is 101 Å². The van der Waals surface area contributed by atoms with E-state index in [1.54, 1.807) is 0 Å². The quantitative estimate of drug-likeness (QED) is 0.825. The molecule has 1 aromatic rings. The highest BCUT2D eigenvalue weighted by Gasteiger charge is 2.32. The lowest BCUT2D eigenvalue weighted by atomic mass is 9.97. The zero-order valence-electron chi connectivity index (χ0n) is 11.9. The van der Waals surface area contributed by atoms with Crippen molar-refractivity contribution in [1.82, 2.24) is 4.31 Å². The first-order chi connectivity index (χ1) is 9.86. The Bertz CT molecular complexity index is 642. The van der Waals surface area contributed by atoms with Gasteiger partial charge >= 0.3 is 5.97 Å². The van der Waals surface area contributed by atoms with Crippen molar-refractivity contribution in [3.8, 4) is 0 Å². The number of nitrogens with zero attached hydrogens (tertiary/aromatic N) is 1. The summed E-state index contributed by atoms with van der Waals surface area (Å²) in [6, 6.07) is 3.87. The zero-order valence-corrected chi connectivity index (χ0v) is 12.8. The number of rotatable bonds is 4. The average molecular weight is 312 g/mol. The van der Waals surface area contributed by atoms with Gasteiger partial charge in [-0.2, -0.15) is 4.31 Å². The summed E-state index contributed by atoms with van der Waals surface area (Å²) < 4.78 is 26.8. The number of carbonyl (C=O) groups is 1. The van der Waals surface area contributed by atoms with Gasteiger partial charge in [0.2, 0.25) is 10.0 Å². The Morgan fingerprint density at radius 2 is 2.19 bits per heavy atom. The van der Waals surface area contributed by atoms with Gasteiger partial charge in [0, 0.05) is 18.8 Å². The number of hydrogen-bond donors (Lipinski definition) is 2. The fraction of sp³-hybridized carbons (Fsp3) is 0.500. The molecule has 1 saturated heterocycles. The first kappa shape index (κ1) is 15.8. The molecule has 21 heavy (non-hydrogen) atoms. The molecule has 0 saturated carbocycles. The SMILES string of the molecule is CCC1CCCN(S(=O)(=O)c2cc(N)ccc2C(=O)O)C1. The largest absolute Gasteiger partial charge is 0.478 e. The standard InChI is InChI=1S/C14H20N2O4S/c1-2-10-4-3-7-16(9-10)21(19,20)13-8-11(15)5-6-12(13)14(17)18/h5-6,8,10H,2-4,7,9,15H2,1H3,(H,17,18). The second-order valence-electron chi connectivity index (χ2n) is 5.34. The molecule has 1 aliphatic rings. The molecule has 0 spiro atoms. The van der Waals surface area contributed by atoms with E-state index < -0.39 is 16.0 Å². The van der Waals surface area contributed by atoms with Crippen LogP contribution < -0.4 is 5.73 Å². The highest BCUT2D eigenvalue weighted by atomic mass is 32.2. The Morgan fingerprint density at radius 1 is 1.48 bits per heavy atom. The number of aromatic carboxylic acids is 1. The van der Waals surface area contributed by atoms with E-state index in [1.807, 2.05) is 6.92 Å². The van der Waals surface area contributed by atoms with Crippen LogP contribution >= 0.6 is 0 Å². The van der Waals surface area contributed by atoms with Gasteiger partial charge in [0.05, 0.1) is 10.5 Å². The number of nitrogens with two attached hydrogens (primary N) is 1. The number of sulfonamides is 1. The summed E-state index contributed by atoms with van der Waals surface area (Å²) in [6.07, 6.45) is 2.71. The molecule has 1 aromatic carbocycles. The highest BCUT2D eigenvalue weighted by molar-refractivity contribution is 7.89. The Balaban J connectivity index is 2.44. The number of piperidine rings is 1. The summed E-state index contributed by atoms with van der Waals surface area (Å²) in [6.45, 7) is 2.89. The van der Waals surface area contributed by atoms with E-state index >= 15 is 0 Å². The zero-order chi connectivity index (χ0) is 15.6. The predicted octanol–water partition coefficient (Wildman–Crippen LogP) is 1.78. The molecule has 7 heteroatoms. The molecule has 116 valence electrons. The Kier molecular flexibility index (Phi) is 4.53. The molecule has 0 amide bonds. The maximum Gasteiger partial charge on any atom is 0.337 e. The van der Waals surface area contributed by atoms with Crippen LogP contribution in [0.4, 0.5) is 5.69 Å². The molecule has 6 nitrogen and oxygen atoms in total. The number of anilines is 1. The highest BCUT2D eigenvalue weighted by Crippen LogP contribution is 2.28. The van der Waals surface area contributed by atoms with Gasteiger partial charge in [-0.1, -0.05) is 13.3 Å². The average Bonchev–Trinajstić information content (AvgIpc) is 2.46. The molecule has 1 fully saturated rings. The summed E-state index contributed by atoms with van der Waals surface area (Å²) in [7, 11) is -3.83. The van der Waals surface area contributed by atoms with Crippen LogP contribution in [0.15, 0.2) is 23.1 Å². The number of hydrogen-bond acceptors (Lipinski definition) is 4. The van der Waals surface area contributed by atoms with Crippen LogP contribution in [0, 0.1) is 5.92 Å². The third kappa shape index (κ3) is 3.19. The summed E-state index contributed by atoms with van der Waals surface area (Å²) in [5.74, 6) is -0.944. The first-order valence-corrected chi connectivity index (χ1v) is 8.43. The molecule has 0 aromatic heterocycles.